The number of likely N-dealkylation sites (N-methyl/N-ethyl adjacent to an activating group) is 1. The van der Waals surface area contributed by atoms with Crippen LogP contribution in [0.3, 0.4) is 0 Å². The van der Waals surface area contributed by atoms with Gasteiger partial charge in [0.25, 0.3) is 0 Å². The van der Waals surface area contributed by atoms with Crippen molar-refractivity contribution in [2.24, 2.45) is 5.92 Å². The van der Waals surface area contributed by atoms with E-state index >= 15 is 0 Å². The van der Waals surface area contributed by atoms with Crippen molar-refractivity contribution < 1.29 is 5.11 Å². The monoisotopic (exact) mass is 243 g/mol. The largest absolute Gasteiger partial charge is 0.392 e. The molecule has 2 N–H and O–H groups in total. The van der Waals surface area contributed by atoms with E-state index in [1.165, 1.54) is 17.5 Å². The number of nitrogens with one attached hydrogen (secondary N) is 1. The van der Waals surface area contributed by atoms with Crippen LogP contribution in [0, 0.1) is 5.92 Å². The highest BCUT2D eigenvalue weighted by molar-refractivity contribution is 5.65. The van der Waals surface area contributed by atoms with Gasteiger partial charge in [-0.25, -0.2) is 0 Å². The average molecular weight is 243 g/mol. The molecule has 3 rings (SSSR count). The zero-order chi connectivity index (χ0) is 12.6. The number of fused-ring (bicyclic) bond motifs is 2. The van der Waals surface area contributed by atoms with Crippen LogP contribution in [0.5, 0.6) is 0 Å². The normalized spacial score (nSPS) is 30.9. The fourth-order valence-corrected chi connectivity index (χ4v) is 3.65. The molecule has 0 saturated heterocycles. The molecule has 1 saturated carbocycles. The molecule has 2 aliphatic rings. The average Bonchev–Trinajstić information content (AvgIpc) is 2.97. The van der Waals surface area contributed by atoms with Crippen molar-refractivity contribution in [1.29, 1.82) is 0 Å². The number of aliphatic hydroxyl groups excluding tert-OH is 1. The topological polar surface area (TPSA) is 32.3 Å². The minimum atomic E-state index is -0.212. The molecular formula is C16H21NO. The first-order valence-corrected chi connectivity index (χ1v) is 6.86. The molecular weight excluding hydrogens is 222 g/mol. The number of hydrogen-bond acceptors (Lipinski definition) is 2. The standard InChI is InChI=1S/C16H21NO/c1-17-11-15(18)13-7-9-16(10-13)8-6-12-4-2-3-5-14(12)16/h2-6,8,13,15,17-18H,7,9-11H2,1H3. The predicted molar refractivity (Wildman–Crippen MR) is 74.4 cm³/mol. The zero-order valence-corrected chi connectivity index (χ0v) is 10.9. The summed E-state index contributed by atoms with van der Waals surface area (Å²) in [4.78, 5) is 0. The van der Waals surface area contributed by atoms with Crippen molar-refractivity contribution in [3.8, 4) is 0 Å². The van der Waals surface area contributed by atoms with E-state index in [0.29, 0.717) is 12.5 Å². The third-order valence-electron chi connectivity index (χ3n) is 4.62. The summed E-state index contributed by atoms with van der Waals surface area (Å²) < 4.78 is 0. The van der Waals surface area contributed by atoms with Crippen molar-refractivity contribution in [2.45, 2.75) is 30.8 Å². The number of aliphatic hydroxyl groups is 1. The van der Waals surface area contributed by atoms with E-state index in [-0.39, 0.29) is 11.5 Å². The van der Waals surface area contributed by atoms with Gasteiger partial charge >= 0.3 is 0 Å². The van der Waals surface area contributed by atoms with E-state index in [2.05, 4.69) is 41.7 Å². The van der Waals surface area contributed by atoms with E-state index in [4.69, 9.17) is 0 Å². The molecule has 2 aliphatic carbocycles. The molecule has 0 aliphatic heterocycles. The third-order valence-corrected chi connectivity index (χ3v) is 4.62. The Balaban J connectivity index is 1.82. The summed E-state index contributed by atoms with van der Waals surface area (Å²) in [7, 11) is 1.90. The summed E-state index contributed by atoms with van der Waals surface area (Å²) in [5.74, 6) is 0.424. The van der Waals surface area contributed by atoms with Gasteiger partial charge in [0, 0.05) is 12.0 Å². The molecule has 1 fully saturated rings. The van der Waals surface area contributed by atoms with E-state index < -0.39 is 0 Å². The summed E-state index contributed by atoms with van der Waals surface area (Å²) in [6, 6.07) is 8.68. The van der Waals surface area contributed by atoms with Crippen molar-refractivity contribution in [3.63, 3.8) is 0 Å². The molecule has 0 amide bonds. The van der Waals surface area contributed by atoms with E-state index in [1.54, 1.807) is 0 Å². The lowest BCUT2D eigenvalue weighted by molar-refractivity contribution is 0.109. The van der Waals surface area contributed by atoms with Crippen molar-refractivity contribution >= 4 is 6.08 Å². The van der Waals surface area contributed by atoms with Gasteiger partial charge in [-0.05, 0) is 43.4 Å². The molecule has 0 radical (unpaired) electrons. The first-order valence-electron chi connectivity index (χ1n) is 6.86. The maximum atomic E-state index is 10.2. The lowest BCUT2D eigenvalue weighted by Crippen LogP contribution is -2.30. The van der Waals surface area contributed by atoms with Crippen molar-refractivity contribution in [3.05, 3.63) is 41.5 Å². The van der Waals surface area contributed by atoms with Gasteiger partial charge in [0.1, 0.15) is 0 Å². The van der Waals surface area contributed by atoms with E-state index in [1.807, 2.05) is 7.05 Å². The first-order chi connectivity index (χ1) is 8.75. The van der Waals surface area contributed by atoms with Crippen molar-refractivity contribution in [1.82, 2.24) is 5.32 Å². The van der Waals surface area contributed by atoms with Gasteiger partial charge in [-0.1, -0.05) is 36.4 Å². The zero-order valence-electron chi connectivity index (χ0n) is 10.9. The van der Waals surface area contributed by atoms with Crippen LogP contribution in [0.15, 0.2) is 30.3 Å². The Labute approximate surface area is 109 Å². The smallest absolute Gasteiger partial charge is 0.0693 e. The fraction of sp³-hybridized carbons (Fsp3) is 0.500. The molecule has 1 spiro atoms. The molecule has 2 nitrogen and oxygen atoms in total. The first kappa shape index (κ1) is 11.9. The summed E-state index contributed by atoms with van der Waals surface area (Å²) in [6.07, 6.45) is 7.79. The van der Waals surface area contributed by atoms with Gasteiger partial charge in [0.2, 0.25) is 0 Å². The van der Waals surface area contributed by atoms with Crippen LogP contribution in [0.25, 0.3) is 6.08 Å². The second-order valence-corrected chi connectivity index (χ2v) is 5.70. The Morgan fingerprint density at radius 3 is 3.11 bits per heavy atom. The SMILES string of the molecule is CNCC(O)C1CCC2(C=Cc3ccccc32)C1. The highest BCUT2D eigenvalue weighted by atomic mass is 16.3. The van der Waals surface area contributed by atoms with Crippen molar-refractivity contribution in [2.75, 3.05) is 13.6 Å². The number of allylic oxidation sites excluding steroid dienone is 1. The van der Waals surface area contributed by atoms with Crippen LogP contribution < -0.4 is 5.32 Å². The van der Waals surface area contributed by atoms with Gasteiger partial charge in [0.05, 0.1) is 6.10 Å². The van der Waals surface area contributed by atoms with Gasteiger partial charge in [-0.3, -0.25) is 0 Å². The number of rotatable bonds is 3. The van der Waals surface area contributed by atoms with Gasteiger partial charge in [-0.15, -0.1) is 0 Å². The third kappa shape index (κ3) is 1.80. The van der Waals surface area contributed by atoms with Crippen LogP contribution >= 0.6 is 0 Å². The van der Waals surface area contributed by atoms with Gasteiger partial charge in [0.15, 0.2) is 0 Å². The quantitative estimate of drug-likeness (QED) is 0.854. The highest BCUT2D eigenvalue weighted by Gasteiger charge is 2.43. The maximum absolute atomic E-state index is 10.2. The molecule has 18 heavy (non-hydrogen) atoms. The Morgan fingerprint density at radius 2 is 2.28 bits per heavy atom. The fourth-order valence-electron chi connectivity index (χ4n) is 3.65. The lowest BCUT2D eigenvalue weighted by atomic mass is 9.80. The van der Waals surface area contributed by atoms with Crippen LogP contribution in [0.2, 0.25) is 0 Å². The molecule has 2 heteroatoms. The summed E-state index contributed by atoms with van der Waals surface area (Å²) >= 11 is 0. The Hall–Kier alpha value is -1.12. The number of benzene rings is 1. The highest BCUT2D eigenvalue weighted by Crippen LogP contribution is 2.50. The van der Waals surface area contributed by atoms with Gasteiger partial charge in [-0.2, -0.15) is 0 Å². The predicted octanol–water partition coefficient (Wildman–Crippen LogP) is 2.33. The minimum absolute atomic E-state index is 0.204. The molecule has 0 heterocycles. The van der Waals surface area contributed by atoms with Crippen LogP contribution in [-0.2, 0) is 5.41 Å². The number of hydrogen-bond donors (Lipinski definition) is 2. The Bertz CT molecular complexity index is 468. The molecule has 3 atom stereocenters. The maximum Gasteiger partial charge on any atom is 0.0693 e. The van der Waals surface area contributed by atoms with Crippen LogP contribution in [-0.4, -0.2) is 24.8 Å². The Morgan fingerprint density at radius 1 is 1.44 bits per heavy atom. The molecule has 1 aromatic rings. The molecule has 0 aromatic heterocycles. The lowest BCUT2D eigenvalue weighted by Gasteiger charge is -2.25. The molecule has 3 unspecified atom stereocenters. The second kappa shape index (κ2) is 4.52. The molecule has 1 aromatic carbocycles. The Kier molecular flexibility index (Phi) is 3.00. The molecule has 0 bridgehead atoms. The summed E-state index contributed by atoms with van der Waals surface area (Å²) in [5, 5.41) is 13.2. The van der Waals surface area contributed by atoms with Gasteiger partial charge < -0.3 is 10.4 Å². The molecule has 96 valence electrons. The van der Waals surface area contributed by atoms with Crippen LogP contribution in [0.1, 0.15) is 30.4 Å². The summed E-state index contributed by atoms with van der Waals surface area (Å²) in [6.45, 7) is 0.701. The minimum Gasteiger partial charge on any atom is -0.392 e. The van der Waals surface area contributed by atoms with E-state index in [0.717, 1.165) is 12.8 Å². The van der Waals surface area contributed by atoms with Crippen LogP contribution in [0.4, 0.5) is 0 Å². The second-order valence-electron chi connectivity index (χ2n) is 5.70. The van der Waals surface area contributed by atoms with E-state index in [9.17, 15) is 5.11 Å². The summed E-state index contributed by atoms with van der Waals surface area (Å²) in [5.41, 5.74) is 3.03.